The Kier molecular flexibility index (Phi) is 4.32. The van der Waals surface area contributed by atoms with Crippen LogP contribution in [0.5, 0.6) is 5.75 Å². The minimum Gasteiger partial charge on any atom is -0.494 e. The van der Waals surface area contributed by atoms with Gasteiger partial charge in [0.2, 0.25) is 0 Å². The number of rotatable bonds is 5. The van der Waals surface area contributed by atoms with Crippen LogP contribution >= 0.6 is 11.3 Å². The molecular weight excluding hydrogens is 258 g/mol. The topological polar surface area (TPSA) is 39.2 Å². The molecule has 1 heterocycles. The van der Waals surface area contributed by atoms with Gasteiger partial charge in [0.15, 0.2) is 11.3 Å². The van der Waals surface area contributed by atoms with E-state index in [-0.39, 0.29) is 0 Å². The van der Waals surface area contributed by atoms with E-state index in [2.05, 4.69) is 24.9 Å². The normalized spacial score (nSPS) is 10.7. The van der Waals surface area contributed by atoms with Gasteiger partial charge in [-0.25, -0.2) is 4.98 Å². The van der Waals surface area contributed by atoms with Gasteiger partial charge in [-0.05, 0) is 36.6 Å². The van der Waals surface area contributed by atoms with E-state index in [4.69, 9.17) is 4.74 Å². The predicted octanol–water partition coefficient (Wildman–Crippen LogP) is 4.14. The highest BCUT2D eigenvalue weighted by Gasteiger charge is 2.11. The van der Waals surface area contributed by atoms with Crippen LogP contribution in [0.25, 0.3) is 11.3 Å². The Bertz CT molecular complexity index is 575. The zero-order valence-corrected chi connectivity index (χ0v) is 12.2. The van der Waals surface area contributed by atoms with Crippen molar-refractivity contribution in [1.29, 1.82) is 0 Å². The molecule has 3 nitrogen and oxygen atoms in total. The first-order valence-corrected chi connectivity index (χ1v) is 7.21. The number of benzene rings is 1. The number of aromatic nitrogens is 1. The van der Waals surface area contributed by atoms with Crippen LogP contribution in [0.2, 0.25) is 0 Å². The van der Waals surface area contributed by atoms with Gasteiger partial charge in [-0.1, -0.05) is 13.8 Å². The first kappa shape index (κ1) is 13.7. The van der Waals surface area contributed by atoms with E-state index in [0.29, 0.717) is 17.5 Å². The Balaban J connectivity index is 2.42. The van der Waals surface area contributed by atoms with Gasteiger partial charge in [0.05, 0.1) is 12.3 Å². The van der Waals surface area contributed by atoms with Crippen LogP contribution in [0.4, 0.5) is 0 Å². The summed E-state index contributed by atoms with van der Waals surface area (Å²) in [5, 5.41) is 2.42. The smallest absolute Gasteiger partial charge is 0.178 e. The SMILES string of the molecule is CCOc1ccc(-c2csc(C=O)n2)cc1C(C)C. The fourth-order valence-corrected chi connectivity index (χ4v) is 2.55. The van der Waals surface area contributed by atoms with Gasteiger partial charge in [-0.15, -0.1) is 11.3 Å². The number of hydrogen-bond donors (Lipinski definition) is 0. The summed E-state index contributed by atoms with van der Waals surface area (Å²) in [6, 6.07) is 6.06. The maximum atomic E-state index is 10.7. The third-order valence-electron chi connectivity index (χ3n) is 2.85. The molecule has 0 atom stereocenters. The fourth-order valence-electron chi connectivity index (χ4n) is 1.92. The van der Waals surface area contributed by atoms with Gasteiger partial charge in [0.25, 0.3) is 0 Å². The largest absolute Gasteiger partial charge is 0.494 e. The van der Waals surface area contributed by atoms with E-state index in [1.165, 1.54) is 16.9 Å². The second kappa shape index (κ2) is 5.97. The summed E-state index contributed by atoms with van der Waals surface area (Å²) in [5.41, 5.74) is 3.04. The molecule has 19 heavy (non-hydrogen) atoms. The molecule has 0 saturated carbocycles. The molecule has 0 saturated heterocycles. The van der Waals surface area contributed by atoms with Crippen LogP contribution in [0.3, 0.4) is 0 Å². The molecule has 0 bridgehead atoms. The first-order chi connectivity index (χ1) is 9.15. The summed E-state index contributed by atoms with van der Waals surface area (Å²) in [6.45, 7) is 6.92. The van der Waals surface area contributed by atoms with Gasteiger partial charge >= 0.3 is 0 Å². The number of ether oxygens (including phenoxy) is 1. The van der Waals surface area contributed by atoms with Crippen LogP contribution < -0.4 is 4.74 Å². The van der Waals surface area contributed by atoms with Crippen molar-refractivity contribution in [2.45, 2.75) is 26.7 Å². The minimum absolute atomic E-state index is 0.380. The summed E-state index contributed by atoms with van der Waals surface area (Å²) >= 11 is 1.36. The van der Waals surface area contributed by atoms with Crippen LogP contribution in [0, 0.1) is 0 Å². The highest BCUT2D eigenvalue weighted by atomic mass is 32.1. The Hall–Kier alpha value is -1.68. The number of thiazole rings is 1. The number of carbonyl (C=O) groups excluding carboxylic acids is 1. The lowest BCUT2D eigenvalue weighted by Crippen LogP contribution is -1.98. The second-order valence-corrected chi connectivity index (χ2v) is 5.42. The third kappa shape index (κ3) is 3.01. The first-order valence-electron chi connectivity index (χ1n) is 6.33. The van der Waals surface area contributed by atoms with Crippen molar-refractivity contribution in [1.82, 2.24) is 4.98 Å². The lowest BCUT2D eigenvalue weighted by molar-refractivity contribution is 0.112. The van der Waals surface area contributed by atoms with Crippen molar-refractivity contribution in [2.24, 2.45) is 0 Å². The molecule has 0 fully saturated rings. The van der Waals surface area contributed by atoms with Gasteiger partial charge in [-0.2, -0.15) is 0 Å². The molecular formula is C15H17NO2S. The highest BCUT2D eigenvalue weighted by molar-refractivity contribution is 7.11. The molecule has 100 valence electrons. The minimum atomic E-state index is 0.380. The van der Waals surface area contributed by atoms with Crippen LogP contribution in [-0.4, -0.2) is 17.9 Å². The number of hydrogen-bond acceptors (Lipinski definition) is 4. The molecule has 0 N–H and O–H groups in total. The second-order valence-electron chi connectivity index (χ2n) is 4.53. The van der Waals surface area contributed by atoms with Gasteiger partial charge in [0.1, 0.15) is 5.75 Å². The molecule has 4 heteroatoms. The lowest BCUT2D eigenvalue weighted by Gasteiger charge is -2.14. The van der Waals surface area contributed by atoms with Crippen molar-refractivity contribution >= 4 is 17.6 Å². The van der Waals surface area contributed by atoms with Crippen molar-refractivity contribution in [3.8, 4) is 17.0 Å². The van der Waals surface area contributed by atoms with Gasteiger partial charge in [0, 0.05) is 10.9 Å². The summed E-state index contributed by atoms with van der Waals surface area (Å²) in [5.74, 6) is 1.30. The molecule has 2 rings (SSSR count). The molecule has 1 aromatic heterocycles. The molecule has 0 amide bonds. The summed E-state index contributed by atoms with van der Waals surface area (Å²) in [7, 11) is 0. The predicted molar refractivity (Wildman–Crippen MR) is 78.2 cm³/mol. The molecule has 0 radical (unpaired) electrons. The van der Waals surface area contributed by atoms with Crippen LogP contribution in [0.15, 0.2) is 23.6 Å². The molecule has 0 unspecified atom stereocenters. The molecule has 0 spiro atoms. The number of carbonyl (C=O) groups is 1. The van der Waals surface area contributed by atoms with Gasteiger partial charge in [-0.3, -0.25) is 4.79 Å². The zero-order chi connectivity index (χ0) is 13.8. The van der Waals surface area contributed by atoms with E-state index >= 15 is 0 Å². The van der Waals surface area contributed by atoms with Crippen molar-refractivity contribution in [2.75, 3.05) is 6.61 Å². The quantitative estimate of drug-likeness (QED) is 0.770. The van der Waals surface area contributed by atoms with E-state index < -0.39 is 0 Å². The van der Waals surface area contributed by atoms with Crippen molar-refractivity contribution < 1.29 is 9.53 Å². The Morgan fingerprint density at radius 3 is 2.79 bits per heavy atom. The van der Waals surface area contributed by atoms with E-state index in [1.807, 2.05) is 24.4 Å². The van der Waals surface area contributed by atoms with Crippen molar-refractivity contribution in [3.63, 3.8) is 0 Å². The monoisotopic (exact) mass is 275 g/mol. The summed E-state index contributed by atoms with van der Waals surface area (Å²) < 4.78 is 5.64. The number of nitrogens with zero attached hydrogens (tertiary/aromatic N) is 1. The zero-order valence-electron chi connectivity index (χ0n) is 11.3. The molecule has 0 aliphatic rings. The maximum absolute atomic E-state index is 10.7. The van der Waals surface area contributed by atoms with Crippen LogP contribution in [0.1, 0.15) is 42.1 Å². The highest BCUT2D eigenvalue weighted by Crippen LogP contribution is 2.32. The Labute approximate surface area is 117 Å². The van der Waals surface area contributed by atoms with Crippen LogP contribution in [-0.2, 0) is 0 Å². The fraction of sp³-hybridized carbons (Fsp3) is 0.333. The Morgan fingerprint density at radius 2 is 2.21 bits per heavy atom. The van der Waals surface area contributed by atoms with E-state index in [1.54, 1.807) is 0 Å². The molecule has 1 aromatic carbocycles. The Morgan fingerprint density at radius 1 is 1.42 bits per heavy atom. The molecule has 0 aliphatic heterocycles. The summed E-state index contributed by atoms with van der Waals surface area (Å²) in [6.07, 6.45) is 0.784. The van der Waals surface area contributed by atoms with Crippen molar-refractivity contribution in [3.05, 3.63) is 34.2 Å². The summed E-state index contributed by atoms with van der Waals surface area (Å²) in [4.78, 5) is 15.0. The third-order valence-corrected chi connectivity index (χ3v) is 3.62. The number of aldehydes is 1. The molecule has 0 aliphatic carbocycles. The van der Waals surface area contributed by atoms with E-state index in [0.717, 1.165) is 23.3 Å². The van der Waals surface area contributed by atoms with E-state index in [9.17, 15) is 4.79 Å². The standard InChI is InChI=1S/C15H17NO2S/c1-4-18-14-6-5-11(7-12(14)10(2)3)13-9-19-15(8-17)16-13/h5-10H,4H2,1-3H3. The average molecular weight is 275 g/mol. The molecule has 2 aromatic rings. The van der Waals surface area contributed by atoms with Gasteiger partial charge < -0.3 is 4.74 Å². The maximum Gasteiger partial charge on any atom is 0.178 e. The lowest BCUT2D eigenvalue weighted by atomic mass is 9.98. The average Bonchev–Trinajstić information content (AvgIpc) is 2.88.